The minimum Gasteiger partial charge on any atom is -0.475 e. The van der Waals surface area contributed by atoms with E-state index in [0.717, 1.165) is 37.4 Å². The molecule has 27 heavy (non-hydrogen) atoms. The first-order valence-corrected chi connectivity index (χ1v) is 9.52. The molecule has 0 radical (unpaired) electrons. The van der Waals surface area contributed by atoms with Gasteiger partial charge >= 0.3 is 0 Å². The fourth-order valence-corrected chi connectivity index (χ4v) is 3.18. The number of nitrogens with zero attached hydrogens (tertiary/aromatic N) is 4. The molecular weight excluding hydrogens is 370 g/mol. The van der Waals surface area contributed by atoms with Gasteiger partial charge in [-0.15, -0.1) is 5.10 Å². The molecule has 1 aromatic heterocycles. The molecule has 0 bridgehead atoms. The van der Waals surface area contributed by atoms with Gasteiger partial charge in [0, 0.05) is 19.6 Å². The number of anilines is 1. The van der Waals surface area contributed by atoms with E-state index in [-0.39, 0.29) is 18.1 Å². The Hall–Kier alpha value is -2.06. The second kappa shape index (κ2) is 8.75. The summed E-state index contributed by atoms with van der Waals surface area (Å²) in [5.41, 5.74) is 1.68. The van der Waals surface area contributed by atoms with Gasteiger partial charge in [0.2, 0.25) is 11.8 Å². The number of aromatic nitrogens is 2. The van der Waals surface area contributed by atoms with Gasteiger partial charge in [-0.2, -0.15) is 4.99 Å². The van der Waals surface area contributed by atoms with Crippen molar-refractivity contribution < 1.29 is 14.2 Å². The molecule has 9 heteroatoms. The van der Waals surface area contributed by atoms with Crippen molar-refractivity contribution in [1.29, 1.82) is 0 Å². The SMILES string of the molecule is C=NC1=N/C(=C(\C)Cl)OC(C)CCOc2nn(C3CCOCC3)c(C)c2N1. The predicted molar refractivity (Wildman–Crippen MR) is 106 cm³/mol. The third kappa shape index (κ3) is 4.62. The molecule has 1 aromatic rings. The average molecular weight is 396 g/mol. The van der Waals surface area contributed by atoms with Crippen molar-refractivity contribution in [1.82, 2.24) is 9.78 Å². The number of ether oxygens (including phenoxy) is 3. The van der Waals surface area contributed by atoms with Crippen LogP contribution in [0.5, 0.6) is 5.88 Å². The average Bonchev–Trinajstić information content (AvgIpc) is 2.95. The predicted octanol–water partition coefficient (Wildman–Crippen LogP) is 3.63. The maximum absolute atomic E-state index is 6.14. The highest BCUT2D eigenvalue weighted by atomic mass is 35.5. The molecule has 1 fully saturated rings. The van der Waals surface area contributed by atoms with E-state index >= 15 is 0 Å². The monoisotopic (exact) mass is 395 g/mol. The molecule has 0 aromatic carbocycles. The lowest BCUT2D eigenvalue weighted by atomic mass is 10.1. The van der Waals surface area contributed by atoms with Crippen molar-refractivity contribution in [2.24, 2.45) is 9.98 Å². The topological polar surface area (TPSA) is 82.3 Å². The lowest BCUT2D eigenvalue weighted by Crippen LogP contribution is -2.21. The first kappa shape index (κ1) is 19.7. The highest BCUT2D eigenvalue weighted by Gasteiger charge is 2.25. The van der Waals surface area contributed by atoms with Crippen LogP contribution in [0, 0.1) is 6.92 Å². The molecule has 3 rings (SSSR count). The number of rotatable bonds is 1. The van der Waals surface area contributed by atoms with Gasteiger partial charge in [0.1, 0.15) is 11.8 Å². The van der Waals surface area contributed by atoms with E-state index in [9.17, 15) is 0 Å². The summed E-state index contributed by atoms with van der Waals surface area (Å²) < 4.78 is 19.3. The van der Waals surface area contributed by atoms with Crippen molar-refractivity contribution in [2.75, 3.05) is 25.1 Å². The Morgan fingerprint density at radius 1 is 1.30 bits per heavy atom. The highest BCUT2D eigenvalue weighted by Crippen LogP contribution is 2.33. The molecule has 0 aliphatic carbocycles. The molecule has 2 aliphatic rings. The molecule has 2 aliphatic heterocycles. The summed E-state index contributed by atoms with van der Waals surface area (Å²) in [6, 6.07) is 0.282. The Labute approximate surface area is 164 Å². The van der Waals surface area contributed by atoms with Gasteiger partial charge < -0.3 is 19.5 Å². The zero-order valence-corrected chi connectivity index (χ0v) is 16.8. The zero-order chi connectivity index (χ0) is 19.4. The van der Waals surface area contributed by atoms with Crippen LogP contribution in [-0.2, 0) is 9.47 Å². The van der Waals surface area contributed by atoms with E-state index < -0.39 is 0 Å². The normalized spacial score (nSPS) is 23.7. The second-order valence-corrected chi connectivity index (χ2v) is 7.24. The molecule has 1 atom stereocenters. The van der Waals surface area contributed by atoms with Gasteiger partial charge in [0.15, 0.2) is 0 Å². The summed E-state index contributed by atoms with van der Waals surface area (Å²) in [4.78, 5) is 8.37. The summed E-state index contributed by atoms with van der Waals surface area (Å²) >= 11 is 6.14. The van der Waals surface area contributed by atoms with Crippen molar-refractivity contribution in [3.05, 3.63) is 16.6 Å². The molecular formula is C18H26ClN5O3. The third-order valence-corrected chi connectivity index (χ3v) is 4.78. The Morgan fingerprint density at radius 2 is 2.04 bits per heavy atom. The summed E-state index contributed by atoms with van der Waals surface area (Å²) in [7, 11) is 0. The molecule has 0 spiro atoms. The van der Waals surface area contributed by atoms with Crippen molar-refractivity contribution in [3.8, 4) is 5.88 Å². The van der Waals surface area contributed by atoms with Gasteiger partial charge in [0.25, 0.3) is 5.88 Å². The number of fused-ring (bicyclic) bond motifs is 1. The molecule has 8 nitrogen and oxygen atoms in total. The van der Waals surface area contributed by atoms with Crippen LogP contribution in [0.1, 0.15) is 44.8 Å². The largest absolute Gasteiger partial charge is 0.475 e. The molecule has 3 heterocycles. The molecule has 0 saturated carbocycles. The first-order valence-electron chi connectivity index (χ1n) is 9.14. The van der Waals surface area contributed by atoms with Crippen LogP contribution in [0.4, 0.5) is 5.69 Å². The number of halogens is 1. The number of nitrogens with one attached hydrogen (secondary N) is 1. The first-order chi connectivity index (χ1) is 13.0. The van der Waals surface area contributed by atoms with Crippen molar-refractivity contribution in [2.45, 2.75) is 52.2 Å². The van der Waals surface area contributed by atoms with Crippen LogP contribution in [0.3, 0.4) is 0 Å². The minimum atomic E-state index is -0.122. The van der Waals surface area contributed by atoms with Gasteiger partial charge in [0.05, 0.1) is 23.4 Å². The highest BCUT2D eigenvalue weighted by molar-refractivity contribution is 6.29. The third-order valence-electron chi connectivity index (χ3n) is 4.62. The Kier molecular flexibility index (Phi) is 6.38. The van der Waals surface area contributed by atoms with E-state index in [2.05, 4.69) is 22.0 Å². The molecule has 148 valence electrons. The molecule has 1 unspecified atom stereocenters. The minimum absolute atomic E-state index is 0.122. The van der Waals surface area contributed by atoms with Crippen LogP contribution in [0.2, 0.25) is 0 Å². The lowest BCUT2D eigenvalue weighted by Gasteiger charge is -2.23. The quantitative estimate of drug-likeness (QED) is 0.734. The number of allylic oxidation sites excluding steroid dienone is 1. The van der Waals surface area contributed by atoms with Crippen LogP contribution in [0.25, 0.3) is 0 Å². The smallest absolute Gasteiger partial charge is 0.257 e. The Morgan fingerprint density at radius 3 is 2.70 bits per heavy atom. The fraction of sp³-hybridized carbons (Fsp3) is 0.611. The van der Waals surface area contributed by atoms with E-state index in [1.807, 2.05) is 18.5 Å². The summed E-state index contributed by atoms with van der Waals surface area (Å²) in [5.74, 6) is 1.12. The van der Waals surface area contributed by atoms with E-state index in [1.54, 1.807) is 6.92 Å². The van der Waals surface area contributed by atoms with E-state index in [0.29, 0.717) is 29.8 Å². The summed E-state index contributed by atoms with van der Waals surface area (Å²) in [6.07, 6.45) is 2.39. The molecule has 1 saturated heterocycles. The van der Waals surface area contributed by atoms with Gasteiger partial charge in [-0.05, 0) is 40.3 Å². The second-order valence-electron chi connectivity index (χ2n) is 6.68. The van der Waals surface area contributed by atoms with E-state index in [4.69, 9.17) is 30.9 Å². The number of guanidine groups is 1. The van der Waals surface area contributed by atoms with Crippen LogP contribution < -0.4 is 10.1 Å². The molecule has 0 amide bonds. The number of hydrogen-bond donors (Lipinski definition) is 1. The Balaban J connectivity index is 1.99. The number of hydrogen-bond acceptors (Lipinski definition) is 7. The Bertz CT molecular complexity index is 748. The van der Waals surface area contributed by atoms with Crippen LogP contribution in [-0.4, -0.2) is 48.4 Å². The van der Waals surface area contributed by atoms with Gasteiger partial charge in [-0.1, -0.05) is 11.6 Å². The van der Waals surface area contributed by atoms with Gasteiger partial charge in [-0.25, -0.2) is 4.99 Å². The maximum Gasteiger partial charge on any atom is 0.257 e. The number of aliphatic imine (C=N–C) groups is 2. The lowest BCUT2D eigenvalue weighted by molar-refractivity contribution is 0.0650. The zero-order valence-electron chi connectivity index (χ0n) is 16.0. The van der Waals surface area contributed by atoms with Crippen LogP contribution >= 0.6 is 11.6 Å². The van der Waals surface area contributed by atoms with Crippen LogP contribution in [0.15, 0.2) is 20.9 Å². The summed E-state index contributed by atoms with van der Waals surface area (Å²) in [6.45, 7) is 11.2. The van der Waals surface area contributed by atoms with Crippen molar-refractivity contribution in [3.63, 3.8) is 0 Å². The summed E-state index contributed by atoms with van der Waals surface area (Å²) in [5, 5.41) is 8.33. The molecule has 1 N–H and O–H groups in total. The van der Waals surface area contributed by atoms with Gasteiger partial charge in [-0.3, -0.25) is 4.68 Å². The van der Waals surface area contributed by atoms with Crippen molar-refractivity contribution >= 4 is 30.0 Å². The standard InChI is InChI=1S/C18H26ClN5O3/c1-11-5-10-26-17-15(21-18(20-4)22-16(27-11)12(2)19)13(3)24(23-17)14-6-8-25-9-7-14/h11,14H,4-10H2,1-3H3,(H,21,22)/b16-12-. The van der Waals surface area contributed by atoms with E-state index in [1.165, 1.54) is 0 Å². The maximum atomic E-state index is 6.14. The fourth-order valence-electron chi connectivity index (χ4n) is 3.09.